The molecule has 5 heteroatoms. The Balaban J connectivity index is 2.35. The van der Waals surface area contributed by atoms with Crippen LogP contribution >= 0.6 is 28.1 Å². The minimum Gasteiger partial charge on any atom is -0.389 e. The van der Waals surface area contributed by atoms with Gasteiger partial charge in [0, 0.05) is 28.5 Å². The molecule has 3 nitrogen and oxygen atoms in total. The highest BCUT2D eigenvalue weighted by Crippen LogP contribution is 2.29. The summed E-state index contributed by atoms with van der Waals surface area (Å²) in [4.78, 5) is 0.361. The fraction of sp³-hybridized carbons (Fsp3) is 0.188. The highest BCUT2D eigenvalue weighted by atomic mass is 79.9. The van der Waals surface area contributed by atoms with Crippen molar-refractivity contribution in [3.8, 4) is 0 Å². The molecule has 0 radical (unpaired) electrons. The number of para-hydroxylation sites is 1. The summed E-state index contributed by atoms with van der Waals surface area (Å²) >= 11 is 8.64. The second-order valence-electron chi connectivity index (χ2n) is 4.55. The molecule has 0 bridgehead atoms. The van der Waals surface area contributed by atoms with Crippen LogP contribution in [0.1, 0.15) is 11.1 Å². The second-order valence-corrected chi connectivity index (χ2v) is 5.85. The molecular weight excluding hydrogens is 348 g/mol. The fourth-order valence-corrected chi connectivity index (χ4v) is 3.03. The van der Waals surface area contributed by atoms with Gasteiger partial charge in [0.2, 0.25) is 0 Å². The normalized spacial score (nSPS) is 10.4. The lowest BCUT2D eigenvalue weighted by atomic mass is 10.1. The third-order valence-corrected chi connectivity index (χ3v) is 3.99. The zero-order valence-electron chi connectivity index (χ0n) is 11.7. The van der Waals surface area contributed by atoms with E-state index in [4.69, 9.17) is 22.7 Å². The molecule has 0 aromatic heterocycles. The van der Waals surface area contributed by atoms with Gasteiger partial charge in [-0.3, -0.25) is 0 Å². The molecule has 2 rings (SSSR count). The summed E-state index contributed by atoms with van der Waals surface area (Å²) in [5, 5.41) is 3.42. The van der Waals surface area contributed by atoms with E-state index in [1.54, 1.807) is 7.11 Å². The molecule has 0 spiro atoms. The maximum Gasteiger partial charge on any atom is 0.107 e. The minimum atomic E-state index is 0.361. The van der Waals surface area contributed by atoms with Gasteiger partial charge in [-0.05, 0) is 46.1 Å². The Morgan fingerprint density at radius 1 is 1.19 bits per heavy atom. The molecule has 2 aromatic rings. The van der Waals surface area contributed by atoms with Crippen molar-refractivity contribution >= 4 is 44.5 Å². The summed E-state index contributed by atoms with van der Waals surface area (Å²) in [5.74, 6) is 0. The topological polar surface area (TPSA) is 47.3 Å². The maximum absolute atomic E-state index is 5.83. The van der Waals surface area contributed by atoms with Crippen molar-refractivity contribution in [2.45, 2.75) is 6.42 Å². The minimum absolute atomic E-state index is 0.361. The van der Waals surface area contributed by atoms with Gasteiger partial charge in [0.1, 0.15) is 4.99 Å². The van der Waals surface area contributed by atoms with Gasteiger partial charge in [0.15, 0.2) is 0 Å². The molecule has 0 atom stereocenters. The Kier molecular flexibility index (Phi) is 5.73. The summed E-state index contributed by atoms with van der Waals surface area (Å²) in [7, 11) is 1.70. The van der Waals surface area contributed by atoms with Crippen molar-refractivity contribution in [1.29, 1.82) is 0 Å². The van der Waals surface area contributed by atoms with E-state index >= 15 is 0 Å². The zero-order valence-corrected chi connectivity index (χ0v) is 14.1. The third kappa shape index (κ3) is 4.03. The SMILES string of the molecule is COCCc1ccccc1Nc1cccc(Br)c1C(N)=S. The molecule has 0 aliphatic rings. The molecule has 0 saturated carbocycles. The lowest BCUT2D eigenvalue weighted by Gasteiger charge is -2.15. The summed E-state index contributed by atoms with van der Waals surface area (Å²) in [6, 6.07) is 14.0. The fourth-order valence-electron chi connectivity index (χ4n) is 2.10. The van der Waals surface area contributed by atoms with Crippen molar-refractivity contribution in [3.63, 3.8) is 0 Å². The van der Waals surface area contributed by atoms with Crippen LogP contribution in [-0.4, -0.2) is 18.7 Å². The summed E-state index contributed by atoms with van der Waals surface area (Å²) in [5.41, 5.74) is 9.75. The number of nitrogens with two attached hydrogens (primary N) is 1. The van der Waals surface area contributed by atoms with Crippen LogP contribution < -0.4 is 11.1 Å². The van der Waals surface area contributed by atoms with E-state index in [0.29, 0.717) is 11.6 Å². The van der Waals surface area contributed by atoms with E-state index < -0.39 is 0 Å². The first-order valence-electron chi connectivity index (χ1n) is 6.55. The van der Waals surface area contributed by atoms with Gasteiger partial charge in [0.05, 0.1) is 6.61 Å². The predicted octanol–water partition coefficient (Wildman–Crippen LogP) is 4.02. The summed E-state index contributed by atoms with van der Waals surface area (Å²) in [6.45, 7) is 0.680. The number of hydrogen-bond donors (Lipinski definition) is 2. The van der Waals surface area contributed by atoms with Crippen molar-refractivity contribution < 1.29 is 4.74 Å². The number of ether oxygens (including phenoxy) is 1. The van der Waals surface area contributed by atoms with Gasteiger partial charge in [0.25, 0.3) is 0 Å². The Labute approximate surface area is 138 Å². The predicted molar refractivity (Wildman–Crippen MR) is 95.3 cm³/mol. The van der Waals surface area contributed by atoms with Gasteiger partial charge < -0.3 is 15.8 Å². The van der Waals surface area contributed by atoms with E-state index in [0.717, 1.165) is 27.8 Å². The standard InChI is InChI=1S/C16H17BrN2OS/c1-20-10-9-11-5-2-3-7-13(11)19-14-8-4-6-12(17)15(14)16(18)21/h2-8,19H,9-10H2,1H3,(H2,18,21). The average Bonchev–Trinajstić information content (AvgIpc) is 2.46. The van der Waals surface area contributed by atoms with Crippen LogP contribution in [0, 0.1) is 0 Å². The first kappa shape index (κ1) is 15.9. The molecule has 0 aliphatic heterocycles. The van der Waals surface area contributed by atoms with Gasteiger partial charge in [-0.25, -0.2) is 0 Å². The molecule has 0 amide bonds. The molecule has 3 N–H and O–H groups in total. The number of benzene rings is 2. The third-order valence-electron chi connectivity index (χ3n) is 3.12. The van der Waals surface area contributed by atoms with Gasteiger partial charge in [-0.15, -0.1) is 0 Å². The van der Waals surface area contributed by atoms with Gasteiger partial charge >= 0.3 is 0 Å². The van der Waals surface area contributed by atoms with Crippen LogP contribution in [0.3, 0.4) is 0 Å². The Bertz CT molecular complexity index is 646. The van der Waals surface area contributed by atoms with Crippen molar-refractivity contribution in [2.24, 2.45) is 5.73 Å². The Morgan fingerprint density at radius 3 is 2.62 bits per heavy atom. The number of rotatable bonds is 6. The largest absolute Gasteiger partial charge is 0.389 e. The van der Waals surface area contributed by atoms with Crippen molar-refractivity contribution in [3.05, 3.63) is 58.1 Å². The van der Waals surface area contributed by atoms with E-state index in [1.807, 2.05) is 36.4 Å². The van der Waals surface area contributed by atoms with Gasteiger partial charge in [-0.1, -0.05) is 36.5 Å². The monoisotopic (exact) mass is 364 g/mol. The molecular formula is C16H17BrN2OS. The van der Waals surface area contributed by atoms with Crippen molar-refractivity contribution in [1.82, 2.24) is 0 Å². The average molecular weight is 365 g/mol. The summed E-state index contributed by atoms with van der Waals surface area (Å²) in [6.07, 6.45) is 0.843. The Hall–Kier alpha value is -1.43. The first-order chi connectivity index (χ1) is 10.1. The number of nitrogens with one attached hydrogen (secondary N) is 1. The zero-order chi connectivity index (χ0) is 15.2. The molecule has 110 valence electrons. The smallest absolute Gasteiger partial charge is 0.107 e. The van der Waals surface area contributed by atoms with Gasteiger partial charge in [-0.2, -0.15) is 0 Å². The van der Waals surface area contributed by atoms with Crippen LogP contribution in [0.25, 0.3) is 0 Å². The van der Waals surface area contributed by atoms with Crippen LogP contribution in [-0.2, 0) is 11.2 Å². The quantitative estimate of drug-likeness (QED) is 0.760. The molecule has 0 saturated heterocycles. The highest BCUT2D eigenvalue weighted by Gasteiger charge is 2.11. The van der Waals surface area contributed by atoms with Crippen molar-refractivity contribution in [2.75, 3.05) is 19.0 Å². The van der Waals surface area contributed by atoms with E-state index in [9.17, 15) is 0 Å². The van der Waals surface area contributed by atoms with Crippen LogP contribution in [0.4, 0.5) is 11.4 Å². The second kappa shape index (κ2) is 7.54. The molecule has 0 fully saturated rings. The molecule has 0 aliphatic carbocycles. The van der Waals surface area contributed by atoms with Crippen LogP contribution in [0.5, 0.6) is 0 Å². The van der Waals surface area contributed by atoms with Crippen LogP contribution in [0.2, 0.25) is 0 Å². The molecule has 0 heterocycles. The lowest BCUT2D eigenvalue weighted by molar-refractivity contribution is 0.202. The molecule has 2 aromatic carbocycles. The highest BCUT2D eigenvalue weighted by molar-refractivity contribution is 9.10. The summed E-state index contributed by atoms with van der Waals surface area (Å²) < 4.78 is 6.04. The van der Waals surface area contributed by atoms with Crippen LogP contribution in [0.15, 0.2) is 46.9 Å². The number of thiocarbonyl (C=S) groups is 1. The lowest BCUT2D eigenvalue weighted by Crippen LogP contribution is -2.13. The molecule has 0 unspecified atom stereocenters. The first-order valence-corrected chi connectivity index (χ1v) is 7.75. The number of halogens is 1. The maximum atomic E-state index is 5.83. The Morgan fingerprint density at radius 2 is 1.90 bits per heavy atom. The number of anilines is 2. The van der Waals surface area contributed by atoms with E-state index in [2.05, 4.69) is 27.3 Å². The number of hydrogen-bond acceptors (Lipinski definition) is 3. The number of methoxy groups -OCH3 is 1. The van der Waals surface area contributed by atoms with E-state index in [1.165, 1.54) is 5.56 Å². The molecule has 21 heavy (non-hydrogen) atoms. The van der Waals surface area contributed by atoms with E-state index in [-0.39, 0.29) is 0 Å².